The van der Waals surface area contributed by atoms with Crippen LogP contribution in [-0.4, -0.2) is 42.8 Å². The van der Waals surface area contributed by atoms with Gasteiger partial charge in [0, 0.05) is 17.3 Å². The van der Waals surface area contributed by atoms with Crippen molar-refractivity contribution in [2.75, 3.05) is 24.5 Å². The van der Waals surface area contributed by atoms with Gasteiger partial charge in [-0.3, -0.25) is 9.59 Å². The Hall–Kier alpha value is -5.35. The highest BCUT2D eigenvalue weighted by molar-refractivity contribution is 6.34. The summed E-state index contributed by atoms with van der Waals surface area (Å²) in [6.07, 6.45) is 1.56. The van der Waals surface area contributed by atoms with E-state index < -0.39 is 17.8 Å². The second kappa shape index (κ2) is 11.6. The monoisotopic (exact) mass is 585 g/mol. The predicted octanol–water partition coefficient (Wildman–Crippen LogP) is 6.37. The van der Waals surface area contributed by atoms with Crippen molar-refractivity contribution < 1.29 is 33.4 Å². The van der Waals surface area contributed by atoms with Crippen molar-refractivity contribution in [3.8, 4) is 22.8 Å². The van der Waals surface area contributed by atoms with Crippen molar-refractivity contribution in [2.45, 2.75) is 6.92 Å². The first-order valence-electron chi connectivity index (χ1n) is 12.6. The molecular weight excluding hydrogens is 562 g/mol. The minimum absolute atomic E-state index is 0.0426. The van der Waals surface area contributed by atoms with Gasteiger partial charge in [0.25, 0.3) is 11.8 Å². The van der Waals surface area contributed by atoms with E-state index in [1.807, 2.05) is 0 Å². The third-order valence-electron chi connectivity index (χ3n) is 6.45. The number of hydrogen-bond donors (Lipinski definition) is 2. The Labute approximate surface area is 245 Å². The van der Waals surface area contributed by atoms with Crippen molar-refractivity contribution in [2.24, 2.45) is 5.10 Å². The van der Waals surface area contributed by atoms with E-state index in [2.05, 4.69) is 10.4 Å². The first-order chi connectivity index (χ1) is 20.2. The van der Waals surface area contributed by atoms with Gasteiger partial charge in [0.05, 0.1) is 47.3 Å². The molecule has 2 amide bonds. The van der Waals surface area contributed by atoms with Gasteiger partial charge in [0.2, 0.25) is 0 Å². The van der Waals surface area contributed by atoms with Crippen LogP contribution in [-0.2, 0) is 4.79 Å². The number of amides is 2. The second-order valence-electron chi connectivity index (χ2n) is 9.14. The molecule has 1 aliphatic rings. The Bertz CT molecular complexity index is 1790. The van der Waals surface area contributed by atoms with E-state index in [1.54, 1.807) is 73.7 Å². The summed E-state index contributed by atoms with van der Waals surface area (Å²) in [7, 11) is 3.03. The number of methoxy groups -OCH3 is 2. The maximum Gasteiger partial charge on any atom is 0.335 e. The molecular formula is C31H24ClN3O7. The third-order valence-corrected chi connectivity index (χ3v) is 6.78. The van der Waals surface area contributed by atoms with Crippen molar-refractivity contribution >= 4 is 52.5 Å². The number of carbonyl (C=O) groups is 3. The van der Waals surface area contributed by atoms with E-state index >= 15 is 0 Å². The van der Waals surface area contributed by atoms with Crippen LogP contribution in [0, 0.1) is 0 Å². The number of carboxylic acid groups (broad SMARTS) is 1. The smallest absolute Gasteiger partial charge is 0.335 e. The first-order valence-corrected chi connectivity index (χ1v) is 12.9. The molecule has 0 atom stereocenters. The predicted molar refractivity (Wildman–Crippen MR) is 159 cm³/mol. The summed E-state index contributed by atoms with van der Waals surface area (Å²) in [5.74, 6) is -0.135. The molecule has 4 aromatic rings. The van der Waals surface area contributed by atoms with Gasteiger partial charge < -0.3 is 24.3 Å². The van der Waals surface area contributed by atoms with Crippen LogP contribution in [0.3, 0.4) is 0 Å². The van der Waals surface area contributed by atoms with Crippen molar-refractivity contribution in [3.05, 3.63) is 100 Å². The Balaban J connectivity index is 1.36. The molecule has 0 saturated carbocycles. The van der Waals surface area contributed by atoms with Crippen molar-refractivity contribution in [1.29, 1.82) is 0 Å². The van der Waals surface area contributed by atoms with Crippen LogP contribution in [0.4, 0.5) is 11.4 Å². The highest BCUT2D eigenvalue weighted by Crippen LogP contribution is 2.32. The summed E-state index contributed by atoms with van der Waals surface area (Å²) in [5.41, 5.74) is 2.43. The van der Waals surface area contributed by atoms with Gasteiger partial charge in [0.15, 0.2) is 11.5 Å². The number of nitrogens with zero attached hydrogens (tertiary/aromatic N) is 2. The molecule has 0 fully saturated rings. The lowest BCUT2D eigenvalue weighted by Crippen LogP contribution is -2.21. The van der Waals surface area contributed by atoms with Gasteiger partial charge in [-0.05, 0) is 73.7 Å². The van der Waals surface area contributed by atoms with E-state index in [0.29, 0.717) is 51.2 Å². The van der Waals surface area contributed by atoms with Crippen LogP contribution in [0.15, 0.2) is 87.9 Å². The fraction of sp³-hybridized carbons (Fsp3) is 0.0968. The third kappa shape index (κ3) is 5.61. The lowest BCUT2D eigenvalue weighted by molar-refractivity contribution is -0.114. The number of carboxylic acids is 1. The number of aromatic carboxylic acids is 1. The topological polar surface area (TPSA) is 131 Å². The number of halogens is 1. The lowest BCUT2D eigenvalue weighted by atomic mass is 10.1. The summed E-state index contributed by atoms with van der Waals surface area (Å²) in [5, 5.41) is 17.8. The fourth-order valence-electron chi connectivity index (χ4n) is 4.32. The lowest BCUT2D eigenvalue weighted by Gasteiger charge is -2.12. The van der Waals surface area contributed by atoms with E-state index in [0.717, 1.165) is 5.01 Å². The first kappa shape index (κ1) is 28.2. The van der Waals surface area contributed by atoms with Crippen LogP contribution in [0.25, 0.3) is 17.4 Å². The fourth-order valence-corrected chi connectivity index (χ4v) is 4.53. The van der Waals surface area contributed by atoms with Crippen LogP contribution >= 0.6 is 11.6 Å². The standard InChI is InChI=1S/C31H24ClN3O7/c1-17-23(30(37)35(34-17)21-6-4-5-19(13-21)31(38)39)16-22-9-12-26(42-22)18-7-10-25(32)24(14-18)29(36)33-20-8-11-27(40-2)28(15-20)41-3/h4-16H,1-3H3,(H,33,36)(H,38,39)/b23-16+. The number of anilines is 2. The Morgan fingerprint density at radius 2 is 1.79 bits per heavy atom. The summed E-state index contributed by atoms with van der Waals surface area (Å²) in [6, 6.07) is 19.3. The molecule has 10 nitrogen and oxygen atoms in total. The molecule has 2 heterocycles. The number of benzene rings is 3. The molecule has 0 bridgehead atoms. The number of carbonyl (C=O) groups excluding carboxylic acids is 2. The van der Waals surface area contributed by atoms with Gasteiger partial charge in [-0.1, -0.05) is 17.7 Å². The van der Waals surface area contributed by atoms with Gasteiger partial charge in [-0.2, -0.15) is 10.1 Å². The van der Waals surface area contributed by atoms with E-state index in [9.17, 15) is 19.5 Å². The SMILES string of the molecule is COc1ccc(NC(=O)c2cc(-c3ccc(/C=C4/C(=O)N(c5cccc(C(=O)O)c5)N=C4C)o3)ccc2Cl)cc1OC. The van der Waals surface area contributed by atoms with E-state index in [-0.39, 0.29) is 16.1 Å². The van der Waals surface area contributed by atoms with Crippen molar-refractivity contribution in [1.82, 2.24) is 0 Å². The minimum atomic E-state index is -1.10. The minimum Gasteiger partial charge on any atom is -0.493 e. The maximum absolute atomic E-state index is 13.1. The van der Waals surface area contributed by atoms with Crippen LogP contribution < -0.4 is 19.8 Å². The number of furan rings is 1. The van der Waals surface area contributed by atoms with Gasteiger partial charge in [-0.25, -0.2) is 4.79 Å². The number of nitrogens with one attached hydrogen (secondary N) is 1. The average molecular weight is 586 g/mol. The molecule has 0 radical (unpaired) electrons. The van der Waals surface area contributed by atoms with E-state index in [4.69, 9.17) is 25.5 Å². The summed E-state index contributed by atoms with van der Waals surface area (Å²) >= 11 is 6.36. The quantitative estimate of drug-likeness (QED) is 0.230. The average Bonchev–Trinajstić information content (AvgIpc) is 3.57. The van der Waals surface area contributed by atoms with E-state index in [1.165, 1.54) is 26.4 Å². The molecule has 42 heavy (non-hydrogen) atoms. The molecule has 3 aromatic carbocycles. The molecule has 1 aromatic heterocycles. The maximum atomic E-state index is 13.1. The number of hydrazone groups is 1. The highest BCUT2D eigenvalue weighted by atomic mass is 35.5. The molecule has 0 aliphatic carbocycles. The summed E-state index contributed by atoms with van der Waals surface area (Å²) in [6.45, 7) is 1.68. The van der Waals surface area contributed by atoms with Gasteiger partial charge >= 0.3 is 5.97 Å². The Kier molecular flexibility index (Phi) is 7.81. The zero-order valence-electron chi connectivity index (χ0n) is 22.7. The van der Waals surface area contributed by atoms with Gasteiger partial charge in [0.1, 0.15) is 11.5 Å². The zero-order chi connectivity index (χ0) is 30.0. The zero-order valence-corrected chi connectivity index (χ0v) is 23.4. The number of rotatable bonds is 8. The molecule has 0 unspecified atom stereocenters. The largest absolute Gasteiger partial charge is 0.493 e. The molecule has 212 valence electrons. The van der Waals surface area contributed by atoms with Gasteiger partial charge in [-0.15, -0.1) is 0 Å². The molecule has 5 rings (SSSR count). The Morgan fingerprint density at radius 3 is 2.52 bits per heavy atom. The summed E-state index contributed by atoms with van der Waals surface area (Å²) in [4.78, 5) is 37.6. The number of ether oxygens (including phenoxy) is 2. The van der Waals surface area contributed by atoms with Crippen LogP contribution in [0.1, 0.15) is 33.4 Å². The normalized spacial score (nSPS) is 13.7. The molecule has 0 saturated heterocycles. The second-order valence-corrected chi connectivity index (χ2v) is 9.54. The Morgan fingerprint density at radius 1 is 1.00 bits per heavy atom. The molecule has 2 N–H and O–H groups in total. The van der Waals surface area contributed by atoms with Crippen LogP contribution in [0.5, 0.6) is 11.5 Å². The molecule has 11 heteroatoms. The highest BCUT2D eigenvalue weighted by Gasteiger charge is 2.29. The van der Waals surface area contributed by atoms with Crippen LogP contribution in [0.2, 0.25) is 5.02 Å². The van der Waals surface area contributed by atoms with Crippen molar-refractivity contribution in [3.63, 3.8) is 0 Å². The summed E-state index contributed by atoms with van der Waals surface area (Å²) < 4.78 is 16.5. The molecule has 1 aliphatic heterocycles. The number of hydrogen-bond acceptors (Lipinski definition) is 7. The molecule has 0 spiro atoms.